The predicted molar refractivity (Wildman–Crippen MR) is 76.0 cm³/mol. The van der Waals surface area contributed by atoms with E-state index in [-0.39, 0.29) is 17.6 Å². The molecule has 0 spiro atoms. The lowest BCUT2D eigenvalue weighted by atomic mass is 10.1. The summed E-state index contributed by atoms with van der Waals surface area (Å²) < 4.78 is 2.07. The molecule has 2 N–H and O–H groups in total. The largest absolute Gasteiger partial charge is 0.368 e. The minimum atomic E-state index is -0.0818. The van der Waals surface area contributed by atoms with E-state index in [2.05, 4.69) is 25.9 Å². The Morgan fingerprint density at radius 2 is 2.28 bits per heavy atom. The van der Waals surface area contributed by atoms with E-state index in [1.807, 2.05) is 13.8 Å². The van der Waals surface area contributed by atoms with Crippen LogP contribution in [0.4, 0.5) is 5.69 Å². The smallest absolute Gasteiger partial charge is 0.283 e. The SMILES string of the molecule is CC(C)n1ncc(N2CCCC(N)C2)c(Br)c1=O. The van der Waals surface area contributed by atoms with Crippen LogP contribution in [0.25, 0.3) is 0 Å². The average molecular weight is 315 g/mol. The third kappa shape index (κ3) is 2.59. The first-order chi connectivity index (χ1) is 8.50. The Hall–Kier alpha value is -0.880. The zero-order chi connectivity index (χ0) is 13.3. The number of anilines is 1. The molecule has 2 rings (SSSR count). The molecule has 0 aliphatic carbocycles. The van der Waals surface area contributed by atoms with Gasteiger partial charge < -0.3 is 10.6 Å². The van der Waals surface area contributed by atoms with Gasteiger partial charge in [0, 0.05) is 19.1 Å². The lowest BCUT2D eigenvalue weighted by molar-refractivity contribution is 0.488. The Bertz CT molecular complexity index is 485. The van der Waals surface area contributed by atoms with E-state index in [0.29, 0.717) is 4.47 Å². The Balaban J connectivity index is 2.35. The number of rotatable bonds is 2. The van der Waals surface area contributed by atoms with Crippen molar-refractivity contribution in [3.63, 3.8) is 0 Å². The number of aromatic nitrogens is 2. The van der Waals surface area contributed by atoms with Crippen molar-refractivity contribution in [3.05, 3.63) is 21.0 Å². The van der Waals surface area contributed by atoms with E-state index >= 15 is 0 Å². The van der Waals surface area contributed by atoms with Crippen molar-refractivity contribution in [1.82, 2.24) is 9.78 Å². The van der Waals surface area contributed by atoms with Crippen molar-refractivity contribution in [2.75, 3.05) is 18.0 Å². The van der Waals surface area contributed by atoms with Gasteiger partial charge in [0.25, 0.3) is 5.56 Å². The van der Waals surface area contributed by atoms with Crippen LogP contribution in [-0.4, -0.2) is 28.9 Å². The maximum Gasteiger partial charge on any atom is 0.283 e. The highest BCUT2D eigenvalue weighted by Gasteiger charge is 2.21. The molecule has 1 aromatic rings. The fourth-order valence-electron chi connectivity index (χ4n) is 2.25. The Morgan fingerprint density at radius 1 is 1.56 bits per heavy atom. The van der Waals surface area contributed by atoms with Gasteiger partial charge in [0.15, 0.2) is 0 Å². The molecule has 0 aromatic carbocycles. The molecular formula is C12H19BrN4O. The van der Waals surface area contributed by atoms with Crippen molar-refractivity contribution in [1.29, 1.82) is 0 Å². The van der Waals surface area contributed by atoms with Gasteiger partial charge in [-0.2, -0.15) is 5.10 Å². The molecule has 1 fully saturated rings. The van der Waals surface area contributed by atoms with E-state index < -0.39 is 0 Å². The Labute approximate surface area is 115 Å². The van der Waals surface area contributed by atoms with Crippen LogP contribution in [0.2, 0.25) is 0 Å². The summed E-state index contributed by atoms with van der Waals surface area (Å²) in [6.07, 6.45) is 3.86. The lowest BCUT2D eigenvalue weighted by Gasteiger charge is -2.32. The topological polar surface area (TPSA) is 64.2 Å². The zero-order valence-electron chi connectivity index (χ0n) is 10.8. The fourth-order valence-corrected chi connectivity index (χ4v) is 2.79. The number of halogens is 1. The molecule has 2 heterocycles. The van der Waals surface area contributed by atoms with Crippen LogP contribution in [0, 0.1) is 0 Å². The van der Waals surface area contributed by atoms with Gasteiger partial charge in [-0.25, -0.2) is 4.68 Å². The van der Waals surface area contributed by atoms with Crippen molar-refractivity contribution in [3.8, 4) is 0 Å². The number of piperidine rings is 1. The second-order valence-corrected chi connectivity index (χ2v) is 5.83. The third-order valence-corrected chi connectivity index (χ3v) is 3.96. The molecule has 1 saturated heterocycles. The van der Waals surface area contributed by atoms with E-state index in [4.69, 9.17) is 5.73 Å². The van der Waals surface area contributed by atoms with Crippen molar-refractivity contribution in [2.45, 2.75) is 38.8 Å². The number of hydrogen-bond donors (Lipinski definition) is 1. The summed E-state index contributed by atoms with van der Waals surface area (Å²) in [5, 5.41) is 4.23. The van der Waals surface area contributed by atoms with E-state index in [9.17, 15) is 4.79 Å². The van der Waals surface area contributed by atoms with Gasteiger partial charge in [-0.1, -0.05) is 0 Å². The molecule has 0 saturated carbocycles. The summed E-state index contributed by atoms with van der Waals surface area (Å²) >= 11 is 3.40. The van der Waals surface area contributed by atoms with E-state index in [0.717, 1.165) is 31.6 Å². The average Bonchev–Trinajstić information content (AvgIpc) is 2.32. The van der Waals surface area contributed by atoms with Crippen molar-refractivity contribution >= 4 is 21.6 Å². The maximum absolute atomic E-state index is 12.2. The van der Waals surface area contributed by atoms with Crippen LogP contribution < -0.4 is 16.2 Å². The Morgan fingerprint density at radius 3 is 2.89 bits per heavy atom. The predicted octanol–water partition coefficient (Wildman–Crippen LogP) is 1.51. The minimum Gasteiger partial charge on any atom is -0.368 e. The normalized spacial score (nSPS) is 20.5. The third-order valence-electron chi connectivity index (χ3n) is 3.21. The van der Waals surface area contributed by atoms with Gasteiger partial charge in [0.1, 0.15) is 4.47 Å². The quantitative estimate of drug-likeness (QED) is 0.898. The lowest BCUT2D eigenvalue weighted by Crippen LogP contribution is -2.43. The monoisotopic (exact) mass is 314 g/mol. The first kappa shape index (κ1) is 13.5. The molecule has 1 aliphatic heterocycles. The van der Waals surface area contributed by atoms with Gasteiger partial charge in [0.2, 0.25) is 0 Å². The number of nitrogens with zero attached hydrogens (tertiary/aromatic N) is 3. The molecule has 6 heteroatoms. The molecule has 100 valence electrons. The first-order valence-corrected chi connectivity index (χ1v) is 7.08. The highest BCUT2D eigenvalue weighted by molar-refractivity contribution is 9.10. The molecule has 18 heavy (non-hydrogen) atoms. The van der Waals surface area contributed by atoms with Gasteiger partial charge in [-0.05, 0) is 42.6 Å². The van der Waals surface area contributed by atoms with Crippen LogP contribution in [0.1, 0.15) is 32.7 Å². The molecule has 0 bridgehead atoms. The zero-order valence-corrected chi connectivity index (χ0v) is 12.4. The molecular weight excluding hydrogens is 296 g/mol. The minimum absolute atomic E-state index is 0.0615. The number of nitrogens with two attached hydrogens (primary N) is 1. The van der Waals surface area contributed by atoms with Gasteiger partial charge in [-0.3, -0.25) is 4.79 Å². The standard InChI is InChI=1S/C12H19BrN4O/c1-8(2)17-12(18)11(13)10(6-15-17)16-5-3-4-9(14)7-16/h6,8-9H,3-5,7,14H2,1-2H3. The number of hydrogen-bond acceptors (Lipinski definition) is 4. The summed E-state index contributed by atoms with van der Waals surface area (Å²) in [6.45, 7) is 5.60. The van der Waals surface area contributed by atoms with Crippen LogP contribution in [0.5, 0.6) is 0 Å². The molecule has 1 aliphatic rings. The van der Waals surface area contributed by atoms with Gasteiger partial charge in [-0.15, -0.1) is 0 Å². The summed E-state index contributed by atoms with van der Waals surface area (Å²) in [7, 11) is 0. The maximum atomic E-state index is 12.2. The van der Waals surface area contributed by atoms with Crippen LogP contribution in [-0.2, 0) is 0 Å². The van der Waals surface area contributed by atoms with Crippen molar-refractivity contribution in [2.24, 2.45) is 5.73 Å². The molecule has 1 aromatic heterocycles. The van der Waals surface area contributed by atoms with Crippen LogP contribution in [0.15, 0.2) is 15.5 Å². The van der Waals surface area contributed by atoms with E-state index in [1.165, 1.54) is 4.68 Å². The molecule has 0 radical (unpaired) electrons. The molecule has 1 atom stereocenters. The highest BCUT2D eigenvalue weighted by atomic mass is 79.9. The first-order valence-electron chi connectivity index (χ1n) is 6.28. The van der Waals surface area contributed by atoms with E-state index in [1.54, 1.807) is 6.20 Å². The van der Waals surface area contributed by atoms with Crippen LogP contribution in [0.3, 0.4) is 0 Å². The van der Waals surface area contributed by atoms with Gasteiger partial charge >= 0.3 is 0 Å². The second kappa shape index (κ2) is 5.40. The summed E-state index contributed by atoms with van der Waals surface area (Å²) in [5.41, 5.74) is 6.74. The fraction of sp³-hybridized carbons (Fsp3) is 0.667. The van der Waals surface area contributed by atoms with Crippen LogP contribution >= 0.6 is 15.9 Å². The molecule has 1 unspecified atom stereocenters. The van der Waals surface area contributed by atoms with Gasteiger partial charge in [0.05, 0.1) is 17.9 Å². The summed E-state index contributed by atoms with van der Waals surface area (Å²) in [6, 6.07) is 0.240. The summed E-state index contributed by atoms with van der Waals surface area (Å²) in [4.78, 5) is 14.3. The molecule has 0 amide bonds. The summed E-state index contributed by atoms with van der Waals surface area (Å²) in [5.74, 6) is 0. The van der Waals surface area contributed by atoms with Crippen molar-refractivity contribution < 1.29 is 0 Å². The highest BCUT2D eigenvalue weighted by Crippen LogP contribution is 2.24. The second-order valence-electron chi connectivity index (χ2n) is 5.04. The Kier molecular flexibility index (Phi) is 4.07. The molecule has 5 nitrogen and oxygen atoms in total.